The van der Waals surface area contributed by atoms with Crippen LogP contribution in [-0.2, 0) is 13.1 Å². The molecule has 0 aliphatic carbocycles. The maximum absolute atomic E-state index is 10.1. The van der Waals surface area contributed by atoms with Crippen LogP contribution < -0.4 is 9.47 Å². The second kappa shape index (κ2) is 7.98. The molecule has 0 amide bonds. The minimum atomic E-state index is 0.0711. The fourth-order valence-corrected chi connectivity index (χ4v) is 4.08. The van der Waals surface area contributed by atoms with E-state index in [0.29, 0.717) is 5.75 Å². The van der Waals surface area contributed by atoms with Gasteiger partial charge < -0.3 is 19.1 Å². The van der Waals surface area contributed by atoms with E-state index in [1.807, 2.05) is 18.2 Å². The lowest BCUT2D eigenvalue weighted by Gasteiger charge is -2.31. The first-order valence-electron chi connectivity index (χ1n) is 9.58. The zero-order valence-corrected chi connectivity index (χ0v) is 16.3. The van der Waals surface area contributed by atoms with Gasteiger partial charge in [0.2, 0.25) is 0 Å². The number of methoxy groups -OCH3 is 2. The Bertz CT molecular complexity index is 928. The Balaban J connectivity index is 1.74. The molecule has 1 aromatic heterocycles. The predicted molar refractivity (Wildman–Crippen MR) is 109 cm³/mol. The minimum absolute atomic E-state index is 0.0711. The number of aromatic hydroxyl groups is 1. The molecule has 0 radical (unpaired) electrons. The normalized spacial score (nSPS) is 17.0. The molecular weight excluding hydrogens is 352 g/mol. The summed E-state index contributed by atoms with van der Waals surface area (Å²) in [6, 6.07) is 18.0. The second-order valence-corrected chi connectivity index (χ2v) is 7.17. The molecular formula is C23H26N2O3. The summed E-state index contributed by atoms with van der Waals surface area (Å²) >= 11 is 0. The van der Waals surface area contributed by atoms with Crippen molar-refractivity contribution >= 4 is 0 Å². The number of fused-ring (bicyclic) bond motifs is 1. The number of ether oxygens (including phenoxy) is 2. The van der Waals surface area contributed by atoms with E-state index < -0.39 is 0 Å². The third-order valence-electron chi connectivity index (χ3n) is 5.34. The van der Waals surface area contributed by atoms with Crippen molar-refractivity contribution in [1.82, 2.24) is 9.47 Å². The van der Waals surface area contributed by atoms with Crippen LogP contribution in [0.25, 0.3) is 0 Å². The summed E-state index contributed by atoms with van der Waals surface area (Å²) in [5.41, 5.74) is 3.48. The van der Waals surface area contributed by atoms with Gasteiger partial charge in [0.1, 0.15) is 17.2 Å². The van der Waals surface area contributed by atoms with Gasteiger partial charge in [-0.1, -0.05) is 12.1 Å². The summed E-state index contributed by atoms with van der Waals surface area (Å²) in [6.45, 7) is 2.72. The number of rotatable bonds is 5. The van der Waals surface area contributed by atoms with Gasteiger partial charge in [-0.15, -0.1) is 0 Å². The summed E-state index contributed by atoms with van der Waals surface area (Å²) in [7, 11) is 3.35. The number of hydrogen-bond acceptors (Lipinski definition) is 4. The molecule has 1 atom stereocenters. The van der Waals surface area contributed by atoms with Crippen molar-refractivity contribution in [2.24, 2.45) is 0 Å². The van der Waals surface area contributed by atoms with E-state index in [-0.39, 0.29) is 6.04 Å². The van der Waals surface area contributed by atoms with Crippen LogP contribution in [0.1, 0.15) is 29.3 Å². The third kappa shape index (κ3) is 3.71. The lowest BCUT2D eigenvalue weighted by Crippen LogP contribution is -2.29. The van der Waals surface area contributed by atoms with E-state index in [0.717, 1.165) is 48.7 Å². The summed E-state index contributed by atoms with van der Waals surface area (Å²) in [5, 5.41) is 10.1. The minimum Gasteiger partial charge on any atom is -0.508 e. The van der Waals surface area contributed by atoms with E-state index in [4.69, 9.17) is 9.47 Å². The van der Waals surface area contributed by atoms with E-state index in [2.05, 4.69) is 46.0 Å². The van der Waals surface area contributed by atoms with Crippen LogP contribution in [0.2, 0.25) is 0 Å². The smallest absolute Gasteiger partial charge is 0.122 e. The first-order valence-corrected chi connectivity index (χ1v) is 9.58. The zero-order valence-electron chi connectivity index (χ0n) is 16.3. The molecule has 1 unspecified atom stereocenters. The molecule has 0 saturated heterocycles. The summed E-state index contributed by atoms with van der Waals surface area (Å²) < 4.78 is 13.2. The lowest BCUT2D eigenvalue weighted by molar-refractivity contribution is 0.219. The van der Waals surface area contributed by atoms with E-state index in [1.165, 1.54) is 5.69 Å². The molecule has 5 heteroatoms. The zero-order chi connectivity index (χ0) is 19.5. The highest BCUT2D eigenvalue weighted by atomic mass is 16.5. The molecule has 5 nitrogen and oxygen atoms in total. The summed E-state index contributed by atoms with van der Waals surface area (Å²) in [6.07, 6.45) is 3.21. The first-order chi connectivity index (χ1) is 13.7. The van der Waals surface area contributed by atoms with Gasteiger partial charge in [0, 0.05) is 37.6 Å². The summed E-state index contributed by atoms with van der Waals surface area (Å²) in [4.78, 5) is 2.46. The Labute approximate surface area is 165 Å². The van der Waals surface area contributed by atoms with E-state index in [9.17, 15) is 5.11 Å². The maximum atomic E-state index is 10.1. The van der Waals surface area contributed by atoms with Gasteiger partial charge in [-0.25, -0.2) is 0 Å². The van der Waals surface area contributed by atoms with Gasteiger partial charge in [-0.3, -0.25) is 4.90 Å². The van der Waals surface area contributed by atoms with Gasteiger partial charge >= 0.3 is 0 Å². The van der Waals surface area contributed by atoms with Crippen LogP contribution in [0.15, 0.2) is 60.8 Å². The molecule has 3 aromatic rings. The van der Waals surface area contributed by atoms with Crippen molar-refractivity contribution in [2.75, 3.05) is 20.8 Å². The Morgan fingerprint density at radius 2 is 1.75 bits per heavy atom. The van der Waals surface area contributed by atoms with Crippen molar-refractivity contribution in [3.05, 3.63) is 77.6 Å². The molecule has 146 valence electrons. The predicted octanol–water partition coefficient (Wildman–Crippen LogP) is 4.21. The van der Waals surface area contributed by atoms with Gasteiger partial charge in [-0.05, 0) is 53.9 Å². The number of phenolic OH excluding ortho intramolecular Hbond substituents is 1. The largest absolute Gasteiger partial charge is 0.508 e. The highest BCUT2D eigenvalue weighted by molar-refractivity contribution is 5.39. The van der Waals surface area contributed by atoms with Gasteiger partial charge in [0.05, 0.1) is 20.3 Å². The highest BCUT2D eigenvalue weighted by Gasteiger charge is 2.27. The Hall–Kier alpha value is -2.92. The van der Waals surface area contributed by atoms with E-state index >= 15 is 0 Å². The second-order valence-electron chi connectivity index (χ2n) is 7.17. The molecule has 0 spiro atoms. The van der Waals surface area contributed by atoms with Crippen LogP contribution in [0.3, 0.4) is 0 Å². The molecule has 4 rings (SSSR count). The number of aryl methyl sites for hydroxylation is 1. The van der Waals surface area contributed by atoms with Crippen molar-refractivity contribution < 1.29 is 14.6 Å². The van der Waals surface area contributed by atoms with Crippen LogP contribution in [-0.4, -0.2) is 35.3 Å². The Kier molecular flexibility index (Phi) is 5.26. The number of hydrogen-bond donors (Lipinski definition) is 1. The SMILES string of the molecule is COc1cc(CN2CCCn3cccc3C2c2cccc(O)c2)cc(OC)c1. The molecule has 2 heterocycles. The first kappa shape index (κ1) is 18.4. The third-order valence-corrected chi connectivity index (χ3v) is 5.34. The molecule has 1 aliphatic heterocycles. The number of aromatic nitrogens is 1. The number of phenols is 1. The fourth-order valence-electron chi connectivity index (χ4n) is 4.08. The monoisotopic (exact) mass is 378 g/mol. The van der Waals surface area contributed by atoms with Gasteiger partial charge in [0.25, 0.3) is 0 Å². The molecule has 28 heavy (non-hydrogen) atoms. The van der Waals surface area contributed by atoms with Crippen molar-refractivity contribution in [1.29, 1.82) is 0 Å². The molecule has 1 N–H and O–H groups in total. The standard InChI is InChI=1S/C23H26N2O3/c1-27-20-12-17(13-21(15-20)28-2)16-25-11-5-10-24-9-4-8-22(24)23(25)18-6-3-7-19(26)14-18/h3-4,6-9,12-15,23,26H,5,10-11,16H2,1-2H3. The van der Waals surface area contributed by atoms with Crippen LogP contribution in [0.5, 0.6) is 17.2 Å². The Morgan fingerprint density at radius 1 is 0.964 bits per heavy atom. The van der Waals surface area contributed by atoms with Crippen molar-refractivity contribution in [3.63, 3.8) is 0 Å². The van der Waals surface area contributed by atoms with Gasteiger partial charge in [0.15, 0.2) is 0 Å². The highest BCUT2D eigenvalue weighted by Crippen LogP contribution is 2.35. The lowest BCUT2D eigenvalue weighted by atomic mass is 10.0. The maximum Gasteiger partial charge on any atom is 0.122 e. The van der Waals surface area contributed by atoms with Crippen molar-refractivity contribution in [3.8, 4) is 17.2 Å². The van der Waals surface area contributed by atoms with Crippen LogP contribution in [0, 0.1) is 0 Å². The molecule has 1 aliphatic rings. The van der Waals surface area contributed by atoms with Crippen LogP contribution in [0.4, 0.5) is 0 Å². The molecule has 0 bridgehead atoms. The molecule has 2 aromatic carbocycles. The average molecular weight is 378 g/mol. The average Bonchev–Trinajstić information content (AvgIpc) is 3.09. The topological polar surface area (TPSA) is 46.9 Å². The van der Waals surface area contributed by atoms with Crippen molar-refractivity contribution in [2.45, 2.75) is 25.6 Å². The number of benzene rings is 2. The van der Waals surface area contributed by atoms with E-state index in [1.54, 1.807) is 20.3 Å². The van der Waals surface area contributed by atoms with Gasteiger partial charge in [-0.2, -0.15) is 0 Å². The fraction of sp³-hybridized carbons (Fsp3) is 0.304. The van der Waals surface area contributed by atoms with Crippen LogP contribution >= 0.6 is 0 Å². The molecule has 0 saturated carbocycles. The quantitative estimate of drug-likeness (QED) is 0.723. The number of nitrogens with zero attached hydrogens (tertiary/aromatic N) is 2. The Morgan fingerprint density at radius 3 is 2.46 bits per heavy atom. The summed E-state index contributed by atoms with van der Waals surface area (Å²) in [5.74, 6) is 1.88. The molecule has 0 fully saturated rings.